The molecular formula is C41H54N6O6S. The van der Waals surface area contributed by atoms with Gasteiger partial charge in [-0.15, -0.1) is 0 Å². The van der Waals surface area contributed by atoms with Crippen LogP contribution in [0.2, 0.25) is 0 Å². The number of carbonyl (C=O) groups excluding carboxylic acids is 2. The van der Waals surface area contributed by atoms with Gasteiger partial charge in [0.1, 0.15) is 17.6 Å². The number of nitrogens with one attached hydrogen (secondary N) is 1. The van der Waals surface area contributed by atoms with Gasteiger partial charge in [0.05, 0.1) is 41.7 Å². The Kier molecular flexibility index (Phi) is 12.6. The van der Waals surface area contributed by atoms with E-state index in [9.17, 15) is 23.1 Å². The van der Waals surface area contributed by atoms with Crippen LogP contribution in [0, 0.1) is 11.8 Å². The minimum atomic E-state index is -4.00. The number of aromatic nitrogens is 2. The van der Waals surface area contributed by atoms with Crippen LogP contribution in [0.25, 0.3) is 11.0 Å². The van der Waals surface area contributed by atoms with E-state index in [2.05, 4.69) is 5.32 Å². The number of aliphatic hydroxyl groups excluding tert-OH is 1. The predicted molar refractivity (Wildman–Crippen MR) is 208 cm³/mol. The molecule has 0 spiro atoms. The third-order valence-electron chi connectivity index (χ3n) is 11.2. The molecule has 54 heavy (non-hydrogen) atoms. The molecule has 1 aliphatic carbocycles. The average Bonchev–Trinajstić information content (AvgIpc) is 3.91. The lowest BCUT2D eigenvalue weighted by Gasteiger charge is -2.35. The van der Waals surface area contributed by atoms with Crippen molar-refractivity contribution in [2.75, 3.05) is 33.3 Å². The molecule has 13 heteroatoms. The van der Waals surface area contributed by atoms with E-state index in [1.54, 1.807) is 21.9 Å². The van der Waals surface area contributed by atoms with Gasteiger partial charge in [-0.2, -0.15) is 4.31 Å². The number of fused-ring (bicyclic) bond motifs is 1. The number of rotatable bonds is 17. The topological polar surface area (TPSA) is 137 Å². The molecule has 4 aromatic rings. The number of hydrogen-bond acceptors (Lipinski definition) is 7. The third-order valence-corrected chi connectivity index (χ3v) is 13.1. The van der Waals surface area contributed by atoms with Crippen LogP contribution in [0.3, 0.4) is 0 Å². The van der Waals surface area contributed by atoms with Crippen molar-refractivity contribution in [1.29, 1.82) is 0 Å². The Morgan fingerprint density at radius 1 is 1.02 bits per heavy atom. The summed E-state index contributed by atoms with van der Waals surface area (Å²) in [5, 5.41) is 15.1. The first-order valence-corrected chi connectivity index (χ1v) is 20.6. The number of benzene rings is 3. The maximum atomic E-state index is 14.5. The number of ether oxygens (including phenoxy) is 1. The summed E-state index contributed by atoms with van der Waals surface area (Å²) in [6.07, 6.45) is 3.59. The highest BCUT2D eigenvalue weighted by molar-refractivity contribution is 7.89. The van der Waals surface area contributed by atoms with Crippen LogP contribution in [0.4, 0.5) is 4.79 Å². The monoisotopic (exact) mass is 758 g/mol. The molecule has 3 aromatic carbocycles. The lowest BCUT2D eigenvalue weighted by atomic mass is 9.95. The zero-order valence-electron chi connectivity index (χ0n) is 31.8. The molecule has 2 N–H and O–H groups in total. The van der Waals surface area contributed by atoms with Crippen molar-refractivity contribution in [3.8, 4) is 5.75 Å². The van der Waals surface area contributed by atoms with Gasteiger partial charge >= 0.3 is 6.03 Å². The number of methoxy groups -OCH3 is 1. The zero-order valence-corrected chi connectivity index (χ0v) is 32.6. The van der Waals surface area contributed by atoms with Crippen LogP contribution in [0.1, 0.15) is 57.3 Å². The molecule has 2 aliphatic rings. The van der Waals surface area contributed by atoms with Crippen LogP contribution in [-0.2, 0) is 34.8 Å². The number of nitrogens with zero attached hydrogens (tertiary/aromatic N) is 5. The van der Waals surface area contributed by atoms with E-state index in [4.69, 9.17) is 9.72 Å². The van der Waals surface area contributed by atoms with Crippen LogP contribution < -0.4 is 10.1 Å². The predicted octanol–water partition coefficient (Wildman–Crippen LogP) is 5.20. The van der Waals surface area contributed by atoms with Gasteiger partial charge in [0.2, 0.25) is 15.9 Å². The van der Waals surface area contributed by atoms with E-state index < -0.39 is 28.2 Å². The molecule has 1 aliphatic heterocycles. The highest BCUT2D eigenvalue weighted by Crippen LogP contribution is 2.29. The molecule has 4 atom stereocenters. The van der Waals surface area contributed by atoms with E-state index in [1.165, 1.54) is 23.5 Å². The molecular weight excluding hydrogens is 705 g/mol. The number of carbonyl (C=O) groups is 2. The molecule has 1 saturated heterocycles. The minimum absolute atomic E-state index is 0.115. The van der Waals surface area contributed by atoms with E-state index >= 15 is 0 Å². The van der Waals surface area contributed by atoms with Crippen LogP contribution in [-0.4, -0.2) is 101 Å². The van der Waals surface area contributed by atoms with Crippen molar-refractivity contribution < 1.29 is 27.9 Å². The molecule has 290 valence electrons. The van der Waals surface area contributed by atoms with E-state index in [1.807, 2.05) is 80.1 Å². The number of amides is 3. The average molecular weight is 759 g/mol. The van der Waals surface area contributed by atoms with Gasteiger partial charge in [-0.3, -0.25) is 4.79 Å². The number of aryl methyl sites for hydroxylation is 1. The molecule has 0 radical (unpaired) electrons. The quantitative estimate of drug-likeness (QED) is 0.151. The summed E-state index contributed by atoms with van der Waals surface area (Å²) in [5.74, 6) is 0.919. The fourth-order valence-electron chi connectivity index (χ4n) is 7.85. The molecule has 1 saturated carbocycles. The van der Waals surface area contributed by atoms with Gasteiger partial charge in [-0.25, -0.2) is 18.2 Å². The first kappa shape index (κ1) is 39.2. The van der Waals surface area contributed by atoms with Crippen molar-refractivity contribution >= 4 is 33.0 Å². The third kappa shape index (κ3) is 8.74. The highest BCUT2D eigenvalue weighted by Gasteiger charge is 2.41. The first-order valence-electron chi connectivity index (χ1n) is 19.1. The molecule has 3 amide bonds. The normalized spacial score (nSPS) is 17.6. The summed E-state index contributed by atoms with van der Waals surface area (Å²) in [5.41, 5.74) is 2.72. The standard InChI is InChI=1S/C41H54N6O6S/c1-5-29(2)39(47-24-23-45(41(47)50)28-38-42-34-17-11-12-18-36(34)44(38)3)40(49)43-35(25-30-13-7-6-8-14-30)37(48)27-46(26-31-15-9-10-16-31)54(51,52)33-21-19-32(53-4)20-22-33/h6-8,11-14,17-22,29,31,35,37,39,48H,5,9-10,15-16,23-28H2,1-4H3,(H,43,49)/t29-,35-,37+,39-/m0/s1. The molecule has 2 fully saturated rings. The number of hydrogen-bond donors (Lipinski definition) is 2. The number of imidazole rings is 1. The minimum Gasteiger partial charge on any atom is -0.497 e. The van der Waals surface area contributed by atoms with E-state index in [0.29, 0.717) is 31.8 Å². The number of aliphatic hydroxyl groups is 1. The zero-order chi connectivity index (χ0) is 38.4. The Labute approximate surface area is 319 Å². The van der Waals surface area contributed by atoms with Gasteiger partial charge in [0.25, 0.3) is 0 Å². The van der Waals surface area contributed by atoms with Crippen molar-refractivity contribution in [2.45, 2.75) is 82.0 Å². The molecule has 2 heterocycles. The van der Waals surface area contributed by atoms with Gasteiger partial charge in [0, 0.05) is 33.2 Å². The summed E-state index contributed by atoms with van der Waals surface area (Å²) in [6.45, 7) is 5.14. The second-order valence-electron chi connectivity index (χ2n) is 14.8. The summed E-state index contributed by atoms with van der Waals surface area (Å²) in [7, 11) is -0.537. The SMILES string of the molecule is CC[C@H](C)[C@@H](C(=O)N[C@@H](Cc1ccccc1)[C@H](O)CN(CC1CCCC1)S(=O)(=O)c1ccc(OC)cc1)N1CCN(Cc2nc3ccccc3n2C)C1=O. The number of urea groups is 1. The fraction of sp³-hybridized carbons (Fsp3) is 0.488. The number of para-hydroxylation sites is 2. The first-order chi connectivity index (χ1) is 26.0. The lowest BCUT2D eigenvalue weighted by molar-refractivity contribution is -0.128. The fourth-order valence-corrected chi connectivity index (χ4v) is 9.38. The Morgan fingerprint density at radius 2 is 1.70 bits per heavy atom. The maximum absolute atomic E-state index is 14.5. The van der Waals surface area contributed by atoms with Crippen LogP contribution in [0.5, 0.6) is 5.75 Å². The van der Waals surface area contributed by atoms with Gasteiger partial charge in [-0.05, 0) is 73.1 Å². The Balaban J connectivity index is 1.24. The van der Waals surface area contributed by atoms with Gasteiger partial charge < -0.3 is 29.5 Å². The molecule has 12 nitrogen and oxygen atoms in total. The van der Waals surface area contributed by atoms with Crippen molar-refractivity contribution in [3.63, 3.8) is 0 Å². The largest absolute Gasteiger partial charge is 0.497 e. The van der Waals surface area contributed by atoms with Crippen LogP contribution >= 0.6 is 0 Å². The lowest BCUT2D eigenvalue weighted by Crippen LogP contribution is -2.57. The second kappa shape index (κ2) is 17.3. The Morgan fingerprint density at radius 3 is 2.37 bits per heavy atom. The van der Waals surface area contributed by atoms with E-state index in [0.717, 1.165) is 48.1 Å². The van der Waals surface area contributed by atoms with Crippen molar-refractivity contribution in [1.82, 2.24) is 29.0 Å². The van der Waals surface area contributed by atoms with Gasteiger partial charge in [0.15, 0.2) is 0 Å². The molecule has 0 unspecified atom stereocenters. The Hall–Kier alpha value is -4.46. The second-order valence-corrected chi connectivity index (χ2v) is 16.8. The summed E-state index contributed by atoms with van der Waals surface area (Å²) in [6, 6.07) is 21.8. The summed E-state index contributed by atoms with van der Waals surface area (Å²) >= 11 is 0. The highest BCUT2D eigenvalue weighted by atomic mass is 32.2. The summed E-state index contributed by atoms with van der Waals surface area (Å²) in [4.78, 5) is 36.7. The molecule has 1 aromatic heterocycles. The Bertz CT molecular complexity index is 1980. The molecule has 0 bridgehead atoms. The number of sulfonamides is 1. The van der Waals surface area contributed by atoms with E-state index in [-0.39, 0.29) is 48.2 Å². The van der Waals surface area contributed by atoms with Crippen LogP contribution in [0.15, 0.2) is 83.8 Å². The summed E-state index contributed by atoms with van der Waals surface area (Å²) < 4.78 is 37.0. The van der Waals surface area contributed by atoms with Crippen molar-refractivity contribution in [2.24, 2.45) is 18.9 Å². The maximum Gasteiger partial charge on any atom is 0.321 e. The van der Waals surface area contributed by atoms with Gasteiger partial charge in [-0.1, -0.05) is 75.6 Å². The molecule has 6 rings (SSSR count). The smallest absolute Gasteiger partial charge is 0.321 e. The van der Waals surface area contributed by atoms with Crippen molar-refractivity contribution in [3.05, 3.63) is 90.3 Å².